The number of nitriles is 1. The van der Waals surface area contributed by atoms with Crippen LogP contribution in [0.4, 0.5) is 10.2 Å². The molecule has 1 N–H and O–H groups in total. The highest BCUT2D eigenvalue weighted by atomic mass is 19.1. The predicted octanol–water partition coefficient (Wildman–Crippen LogP) is 4.31. The molecule has 2 aromatic carbocycles. The molecule has 4 aromatic rings. The average Bonchev–Trinajstić information content (AvgIpc) is 3.78. The zero-order valence-electron chi connectivity index (χ0n) is 24.3. The summed E-state index contributed by atoms with van der Waals surface area (Å²) in [6.45, 7) is 2.82. The molecule has 2 fully saturated rings. The summed E-state index contributed by atoms with van der Waals surface area (Å²) >= 11 is 0. The second-order valence-electron chi connectivity index (χ2n) is 11.2. The van der Waals surface area contributed by atoms with Crippen LogP contribution in [0.15, 0.2) is 53.6 Å². The van der Waals surface area contributed by atoms with E-state index < -0.39 is 11.8 Å². The molecule has 1 saturated carbocycles. The van der Waals surface area contributed by atoms with Crippen LogP contribution < -0.4 is 14.4 Å². The van der Waals surface area contributed by atoms with Crippen molar-refractivity contribution in [3.8, 4) is 17.7 Å². The molecule has 2 aliphatic heterocycles. The molecule has 0 bridgehead atoms. The number of aromatic carboxylic acids is 1. The SMILES string of the molecule is N#Cc1ccc(COc2cccc(N3C=NN(Cc4nc5c(OC6CC6)cc(C(=O)O)cc5n4C[C@@H]4CCO4)CC3)n2)c(F)c1. The standard InChI is InChI=1S/C32H30FN7O5/c33-25-12-20(15-34)4-5-21(25)18-44-30-3-1-2-28(36-30)38-9-10-39(35-19-38)17-29-37-31-26(40(29)16-24-8-11-43-24)13-22(32(41)42)14-27(31)45-23-6-7-23/h1-5,12-14,19,23-24H,6-11,16-18H2,(H,41,42)/t24-/m0/s1. The summed E-state index contributed by atoms with van der Waals surface area (Å²) < 4.78 is 33.9. The number of benzene rings is 2. The first-order chi connectivity index (χ1) is 21.9. The van der Waals surface area contributed by atoms with Gasteiger partial charge in [-0.3, -0.25) is 5.01 Å². The number of imidazole rings is 1. The van der Waals surface area contributed by atoms with Crippen molar-refractivity contribution in [3.63, 3.8) is 0 Å². The summed E-state index contributed by atoms with van der Waals surface area (Å²) in [6, 6.07) is 14.8. The molecule has 0 spiro atoms. The van der Waals surface area contributed by atoms with E-state index in [2.05, 4.69) is 10.1 Å². The smallest absolute Gasteiger partial charge is 0.335 e. The molecule has 230 valence electrons. The maximum absolute atomic E-state index is 14.3. The number of rotatable bonds is 11. The average molecular weight is 612 g/mol. The van der Waals surface area contributed by atoms with Gasteiger partial charge >= 0.3 is 5.97 Å². The van der Waals surface area contributed by atoms with Crippen LogP contribution in [0.25, 0.3) is 11.0 Å². The third-order valence-corrected chi connectivity index (χ3v) is 7.98. The Bertz CT molecular complexity index is 1830. The maximum Gasteiger partial charge on any atom is 0.335 e. The van der Waals surface area contributed by atoms with E-state index in [1.54, 1.807) is 30.6 Å². The first-order valence-corrected chi connectivity index (χ1v) is 14.8. The van der Waals surface area contributed by atoms with Gasteiger partial charge in [0.25, 0.3) is 0 Å². The molecule has 0 radical (unpaired) electrons. The summed E-state index contributed by atoms with van der Waals surface area (Å²) in [4.78, 5) is 23.4. The van der Waals surface area contributed by atoms with E-state index in [4.69, 9.17) is 24.5 Å². The summed E-state index contributed by atoms with van der Waals surface area (Å²) in [5.74, 6) is 0.689. The van der Waals surface area contributed by atoms with Gasteiger partial charge in [-0.25, -0.2) is 14.2 Å². The Balaban J connectivity index is 1.08. The van der Waals surface area contributed by atoms with Crippen LogP contribution in [-0.4, -0.2) is 68.9 Å². The summed E-state index contributed by atoms with van der Waals surface area (Å²) in [6.07, 6.45) is 4.65. The van der Waals surface area contributed by atoms with Crippen molar-refractivity contribution in [3.05, 3.63) is 76.9 Å². The zero-order chi connectivity index (χ0) is 30.9. The van der Waals surface area contributed by atoms with Gasteiger partial charge in [-0.15, -0.1) is 0 Å². The minimum absolute atomic E-state index is 0.0237. The number of ether oxygens (including phenoxy) is 3. The lowest BCUT2D eigenvalue weighted by Crippen LogP contribution is -2.38. The fourth-order valence-electron chi connectivity index (χ4n) is 5.24. The number of fused-ring (bicyclic) bond motifs is 1. The number of aromatic nitrogens is 3. The Morgan fingerprint density at radius 3 is 2.69 bits per heavy atom. The molecule has 7 rings (SSSR count). The van der Waals surface area contributed by atoms with Gasteiger partial charge in [0.15, 0.2) is 0 Å². The van der Waals surface area contributed by atoms with E-state index in [-0.39, 0.29) is 29.9 Å². The Hall–Kier alpha value is -5.22. The number of carboxylic acids is 1. The van der Waals surface area contributed by atoms with Gasteiger partial charge in [-0.05, 0) is 49.6 Å². The second-order valence-corrected chi connectivity index (χ2v) is 11.2. The molecule has 1 atom stereocenters. The molecule has 3 aliphatic rings. The molecular formula is C32H30FN7O5. The van der Waals surface area contributed by atoms with Crippen LogP contribution in [0.2, 0.25) is 0 Å². The Labute approximate surface area is 257 Å². The monoisotopic (exact) mass is 611 g/mol. The fourth-order valence-corrected chi connectivity index (χ4v) is 5.24. The highest BCUT2D eigenvalue weighted by Crippen LogP contribution is 2.35. The number of carbonyl (C=O) groups is 1. The molecule has 45 heavy (non-hydrogen) atoms. The Morgan fingerprint density at radius 2 is 2.00 bits per heavy atom. The number of halogens is 1. The van der Waals surface area contributed by atoms with E-state index in [9.17, 15) is 14.3 Å². The number of hydrogen-bond acceptors (Lipinski definition) is 10. The van der Waals surface area contributed by atoms with Crippen LogP contribution in [0, 0.1) is 17.1 Å². The molecule has 12 nitrogen and oxygen atoms in total. The van der Waals surface area contributed by atoms with Gasteiger partial charge in [0.2, 0.25) is 5.88 Å². The first kappa shape index (κ1) is 28.5. The number of hydrogen-bond donors (Lipinski definition) is 1. The van der Waals surface area contributed by atoms with E-state index in [0.29, 0.717) is 66.8 Å². The molecule has 13 heteroatoms. The van der Waals surface area contributed by atoms with E-state index in [1.165, 1.54) is 12.1 Å². The van der Waals surface area contributed by atoms with E-state index >= 15 is 0 Å². The molecular weight excluding hydrogens is 581 g/mol. The van der Waals surface area contributed by atoms with Crippen molar-refractivity contribution in [2.75, 3.05) is 24.6 Å². The summed E-state index contributed by atoms with van der Waals surface area (Å²) in [5.41, 5.74) is 2.09. The van der Waals surface area contributed by atoms with Gasteiger partial charge in [-0.2, -0.15) is 15.3 Å². The van der Waals surface area contributed by atoms with Crippen molar-refractivity contribution < 1.29 is 28.5 Å². The molecule has 2 aromatic heterocycles. The van der Waals surface area contributed by atoms with Crippen LogP contribution in [0.5, 0.6) is 11.6 Å². The van der Waals surface area contributed by atoms with Crippen molar-refractivity contribution in [2.45, 2.75) is 51.2 Å². The molecule has 0 amide bonds. The van der Waals surface area contributed by atoms with Crippen molar-refractivity contribution in [1.29, 1.82) is 5.26 Å². The van der Waals surface area contributed by atoms with Gasteiger partial charge in [0, 0.05) is 24.8 Å². The third-order valence-electron chi connectivity index (χ3n) is 7.98. The molecule has 1 saturated heterocycles. The minimum atomic E-state index is -1.02. The number of anilines is 1. The predicted molar refractivity (Wildman–Crippen MR) is 161 cm³/mol. The lowest BCUT2D eigenvalue weighted by atomic mass is 10.1. The lowest BCUT2D eigenvalue weighted by molar-refractivity contribution is -0.0592. The fraction of sp³-hybridized carbons (Fsp3) is 0.344. The molecule has 4 heterocycles. The minimum Gasteiger partial charge on any atom is -0.488 e. The Kier molecular flexibility index (Phi) is 7.64. The quantitative estimate of drug-likeness (QED) is 0.261. The largest absolute Gasteiger partial charge is 0.488 e. The first-order valence-electron chi connectivity index (χ1n) is 14.8. The van der Waals surface area contributed by atoms with Gasteiger partial charge in [0.1, 0.15) is 41.7 Å². The third kappa shape index (κ3) is 6.23. The van der Waals surface area contributed by atoms with Crippen molar-refractivity contribution >= 4 is 29.2 Å². The van der Waals surface area contributed by atoms with Gasteiger partial charge in [-0.1, -0.05) is 12.1 Å². The van der Waals surface area contributed by atoms with Crippen LogP contribution in [0.3, 0.4) is 0 Å². The Morgan fingerprint density at radius 1 is 1.13 bits per heavy atom. The topological polar surface area (TPSA) is 138 Å². The van der Waals surface area contributed by atoms with E-state index in [0.717, 1.165) is 25.1 Å². The van der Waals surface area contributed by atoms with Crippen LogP contribution >= 0.6 is 0 Å². The van der Waals surface area contributed by atoms with Gasteiger partial charge in [0.05, 0.1) is 54.6 Å². The van der Waals surface area contributed by atoms with Crippen molar-refractivity contribution in [1.82, 2.24) is 19.5 Å². The van der Waals surface area contributed by atoms with Crippen molar-refractivity contribution in [2.24, 2.45) is 5.10 Å². The summed E-state index contributed by atoms with van der Waals surface area (Å²) in [7, 11) is 0. The number of pyridine rings is 1. The normalized spacial score (nSPS) is 17.6. The molecule has 1 aliphatic carbocycles. The zero-order valence-corrected chi connectivity index (χ0v) is 24.3. The molecule has 0 unspecified atom stereocenters. The summed E-state index contributed by atoms with van der Waals surface area (Å²) in [5, 5.41) is 25.3. The lowest BCUT2D eigenvalue weighted by Gasteiger charge is -2.30. The second kappa shape index (κ2) is 12.0. The number of carboxylic acid groups (broad SMARTS) is 1. The van der Waals surface area contributed by atoms with E-state index in [1.807, 2.05) is 32.7 Å². The van der Waals surface area contributed by atoms with Crippen LogP contribution in [0.1, 0.15) is 46.6 Å². The highest BCUT2D eigenvalue weighted by Gasteiger charge is 2.29. The van der Waals surface area contributed by atoms with Crippen LogP contribution in [-0.2, 0) is 24.4 Å². The maximum atomic E-state index is 14.3. The van der Waals surface area contributed by atoms with Gasteiger partial charge < -0.3 is 28.8 Å². The number of nitrogens with zero attached hydrogens (tertiary/aromatic N) is 7. The number of hydrazone groups is 1. The highest BCUT2D eigenvalue weighted by molar-refractivity contribution is 5.95.